The Morgan fingerprint density at radius 3 is 3.00 bits per heavy atom. The van der Waals surface area contributed by atoms with E-state index in [0.717, 1.165) is 51.4 Å². The molecule has 1 atom stereocenters. The molecule has 1 aromatic carbocycles. The summed E-state index contributed by atoms with van der Waals surface area (Å²) in [5, 5.41) is 15.1. The molecule has 1 fully saturated rings. The van der Waals surface area contributed by atoms with Crippen molar-refractivity contribution in [1.82, 2.24) is 20.2 Å². The van der Waals surface area contributed by atoms with Gasteiger partial charge in [0.1, 0.15) is 10.7 Å². The largest absolute Gasteiger partial charge is 0.376 e. The molecule has 154 valence electrons. The lowest BCUT2D eigenvalue weighted by Gasteiger charge is -2.08. The van der Waals surface area contributed by atoms with Gasteiger partial charge in [0.05, 0.1) is 17.2 Å². The van der Waals surface area contributed by atoms with Crippen LogP contribution in [0.2, 0.25) is 0 Å². The van der Waals surface area contributed by atoms with Crippen LogP contribution in [0, 0.1) is 0 Å². The van der Waals surface area contributed by atoms with Crippen LogP contribution in [0.5, 0.6) is 0 Å². The zero-order chi connectivity index (χ0) is 20.3. The summed E-state index contributed by atoms with van der Waals surface area (Å²) in [6.45, 7) is 1.60. The van der Waals surface area contributed by atoms with Crippen molar-refractivity contribution in [3.8, 4) is 11.1 Å². The Labute approximate surface area is 184 Å². The third-order valence-electron chi connectivity index (χ3n) is 4.82. The van der Waals surface area contributed by atoms with Gasteiger partial charge in [-0.25, -0.2) is 4.98 Å². The molecule has 0 spiro atoms. The number of anilines is 1. The van der Waals surface area contributed by atoms with E-state index in [2.05, 4.69) is 25.5 Å². The van der Waals surface area contributed by atoms with Crippen LogP contribution in [0.3, 0.4) is 0 Å². The number of benzene rings is 1. The monoisotopic (exact) mass is 457 g/mol. The third kappa shape index (κ3) is 4.27. The van der Waals surface area contributed by atoms with Crippen LogP contribution in [-0.4, -0.2) is 39.4 Å². The molecule has 30 heavy (non-hydrogen) atoms. The van der Waals surface area contributed by atoms with Crippen LogP contribution in [-0.2, 0) is 10.5 Å². The second-order valence-electron chi connectivity index (χ2n) is 6.89. The minimum atomic E-state index is -0.105. The number of ether oxygens (including phenoxy) is 1. The molecule has 4 heterocycles. The van der Waals surface area contributed by atoms with Crippen molar-refractivity contribution in [1.29, 1.82) is 0 Å². The molecule has 1 aliphatic heterocycles. The highest BCUT2D eigenvalue weighted by Gasteiger charge is 2.16. The van der Waals surface area contributed by atoms with Gasteiger partial charge in [-0.05, 0) is 18.4 Å². The van der Waals surface area contributed by atoms with E-state index in [1.54, 1.807) is 0 Å². The molecule has 4 aromatic rings. The number of rotatable bonds is 7. The first-order valence-corrected chi connectivity index (χ1v) is 12.3. The minimum absolute atomic E-state index is 0.105. The molecule has 0 amide bonds. The molecule has 0 saturated carbocycles. The third-order valence-corrected chi connectivity index (χ3v) is 7.72. The van der Waals surface area contributed by atoms with Gasteiger partial charge in [-0.1, -0.05) is 53.4 Å². The van der Waals surface area contributed by atoms with Crippen LogP contribution < -0.4 is 10.9 Å². The fourth-order valence-corrected chi connectivity index (χ4v) is 5.96. The van der Waals surface area contributed by atoms with E-state index in [1.807, 2.05) is 35.7 Å². The SMILES string of the molecule is O=c1[nH]c(CSc2nnc(NC[C@@H]3CCCO3)s2)nc2scc(-c3ccccc3)c12. The normalized spacial score (nSPS) is 16.3. The lowest BCUT2D eigenvalue weighted by molar-refractivity contribution is 0.120. The first-order chi connectivity index (χ1) is 14.8. The molecular formula is C20H19N5O2S3. The summed E-state index contributed by atoms with van der Waals surface area (Å²) >= 11 is 4.51. The zero-order valence-electron chi connectivity index (χ0n) is 16.0. The first kappa shape index (κ1) is 19.7. The van der Waals surface area contributed by atoms with Crippen LogP contribution in [0.4, 0.5) is 5.13 Å². The van der Waals surface area contributed by atoms with E-state index in [9.17, 15) is 4.79 Å². The lowest BCUT2D eigenvalue weighted by Crippen LogP contribution is -2.18. The van der Waals surface area contributed by atoms with E-state index in [0.29, 0.717) is 17.0 Å². The highest BCUT2D eigenvalue weighted by atomic mass is 32.2. The fraction of sp³-hybridized carbons (Fsp3) is 0.300. The maximum Gasteiger partial charge on any atom is 0.260 e. The lowest BCUT2D eigenvalue weighted by atomic mass is 10.1. The van der Waals surface area contributed by atoms with Gasteiger partial charge in [-0.2, -0.15) is 0 Å². The Balaban J connectivity index is 1.27. The van der Waals surface area contributed by atoms with Gasteiger partial charge < -0.3 is 15.0 Å². The van der Waals surface area contributed by atoms with E-state index in [1.165, 1.54) is 34.4 Å². The average Bonchev–Trinajstić information content (AvgIpc) is 3.52. The molecule has 2 N–H and O–H groups in total. The molecule has 3 aromatic heterocycles. The van der Waals surface area contributed by atoms with Crippen molar-refractivity contribution in [2.75, 3.05) is 18.5 Å². The summed E-state index contributed by atoms with van der Waals surface area (Å²) in [4.78, 5) is 21.1. The molecule has 0 unspecified atom stereocenters. The molecule has 7 nitrogen and oxygen atoms in total. The van der Waals surface area contributed by atoms with Crippen molar-refractivity contribution < 1.29 is 4.74 Å². The number of hydrogen-bond acceptors (Lipinski definition) is 9. The van der Waals surface area contributed by atoms with Crippen molar-refractivity contribution in [2.45, 2.75) is 29.0 Å². The van der Waals surface area contributed by atoms with Crippen molar-refractivity contribution in [3.63, 3.8) is 0 Å². The van der Waals surface area contributed by atoms with Gasteiger partial charge in [-0.15, -0.1) is 21.5 Å². The van der Waals surface area contributed by atoms with Gasteiger partial charge in [-0.3, -0.25) is 4.79 Å². The number of hydrogen-bond donors (Lipinski definition) is 2. The Kier molecular flexibility index (Phi) is 5.80. The standard InChI is InChI=1S/C20H19N5O2S3/c26-17-16-14(12-5-2-1-3-6-12)10-28-18(16)23-15(22-17)11-29-20-25-24-19(30-20)21-9-13-7-4-8-27-13/h1-3,5-6,10,13H,4,7-9,11H2,(H,21,24)(H,22,23,26)/t13-/m0/s1. The van der Waals surface area contributed by atoms with Crippen LogP contribution >= 0.6 is 34.4 Å². The number of thiophene rings is 1. The predicted octanol–water partition coefficient (Wildman–Crippen LogP) is 4.39. The van der Waals surface area contributed by atoms with Crippen LogP contribution in [0.25, 0.3) is 21.3 Å². The van der Waals surface area contributed by atoms with E-state index < -0.39 is 0 Å². The smallest absolute Gasteiger partial charge is 0.260 e. The quantitative estimate of drug-likeness (QED) is 0.398. The van der Waals surface area contributed by atoms with Gasteiger partial charge in [0, 0.05) is 24.1 Å². The number of aromatic nitrogens is 4. The first-order valence-electron chi connectivity index (χ1n) is 9.64. The summed E-state index contributed by atoms with van der Waals surface area (Å²) in [6, 6.07) is 9.91. The minimum Gasteiger partial charge on any atom is -0.376 e. The second kappa shape index (κ2) is 8.84. The summed E-state index contributed by atoms with van der Waals surface area (Å²) in [5.41, 5.74) is 1.84. The molecule has 1 aliphatic rings. The molecule has 10 heteroatoms. The highest BCUT2D eigenvalue weighted by molar-refractivity contribution is 8.00. The topological polar surface area (TPSA) is 92.8 Å². The number of thioether (sulfide) groups is 1. The van der Waals surface area contributed by atoms with Gasteiger partial charge in [0.25, 0.3) is 5.56 Å². The Bertz CT molecular complexity index is 1200. The number of nitrogens with one attached hydrogen (secondary N) is 2. The van der Waals surface area contributed by atoms with E-state index in [4.69, 9.17) is 4.74 Å². The Morgan fingerprint density at radius 2 is 2.17 bits per heavy atom. The van der Waals surface area contributed by atoms with Crippen LogP contribution in [0.15, 0.2) is 44.8 Å². The average molecular weight is 458 g/mol. The Morgan fingerprint density at radius 1 is 1.27 bits per heavy atom. The van der Waals surface area contributed by atoms with Crippen LogP contribution in [0.1, 0.15) is 18.7 Å². The van der Waals surface area contributed by atoms with Gasteiger partial charge in [0.15, 0.2) is 4.34 Å². The molecule has 0 radical (unpaired) electrons. The molecule has 1 saturated heterocycles. The molecule has 5 rings (SSSR count). The summed E-state index contributed by atoms with van der Waals surface area (Å²) in [5.74, 6) is 1.17. The van der Waals surface area contributed by atoms with Crippen molar-refractivity contribution >= 4 is 49.8 Å². The molecule has 0 aliphatic carbocycles. The molecular weight excluding hydrogens is 438 g/mol. The van der Waals surface area contributed by atoms with Gasteiger partial charge >= 0.3 is 0 Å². The van der Waals surface area contributed by atoms with E-state index in [-0.39, 0.29) is 11.7 Å². The summed E-state index contributed by atoms with van der Waals surface area (Å²) in [6.07, 6.45) is 2.47. The predicted molar refractivity (Wildman–Crippen MR) is 123 cm³/mol. The number of nitrogens with zero attached hydrogens (tertiary/aromatic N) is 3. The van der Waals surface area contributed by atoms with Gasteiger partial charge in [0.2, 0.25) is 5.13 Å². The second-order valence-corrected chi connectivity index (χ2v) is 9.94. The maximum absolute atomic E-state index is 12.7. The van der Waals surface area contributed by atoms with E-state index >= 15 is 0 Å². The fourth-order valence-electron chi connectivity index (χ4n) is 3.37. The zero-order valence-corrected chi connectivity index (χ0v) is 18.4. The van der Waals surface area contributed by atoms with Crippen molar-refractivity contribution in [3.05, 3.63) is 51.9 Å². The Hall–Kier alpha value is -2.27. The maximum atomic E-state index is 12.7. The number of H-pyrrole nitrogens is 1. The number of fused-ring (bicyclic) bond motifs is 1. The highest BCUT2D eigenvalue weighted by Crippen LogP contribution is 2.32. The molecule has 0 bridgehead atoms. The summed E-state index contributed by atoms with van der Waals surface area (Å²) in [7, 11) is 0. The summed E-state index contributed by atoms with van der Waals surface area (Å²) < 4.78 is 6.45. The number of aromatic amines is 1. The van der Waals surface area contributed by atoms with Crippen molar-refractivity contribution in [2.24, 2.45) is 0 Å².